The van der Waals surface area contributed by atoms with E-state index < -0.39 is 5.91 Å². The zero-order valence-electron chi connectivity index (χ0n) is 17.4. The first-order chi connectivity index (χ1) is 14.6. The lowest BCUT2D eigenvalue weighted by atomic mass is 9.81. The molecule has 4 rings (SSSR count). The predicted octanol–water partition coefficient (Wildman–Crippen LogP) is 6.66. The lowest BCUT2D eigenvalue weighted by molar-refractivity contribution is 0.100. The van der Waals surface area contributed by atoms with E-state index in [-0.39, 0.29) is 0 Å². The van der Waals surface area contributed by atoms with E-state index in [1.165, 1.54) is 16.7 Å². The van der Waals surface area contributed by atoms with Crippen molar-refractivity contribution in [2.75, 3.05) is 0 Å². The van der Waals surface area contributed by atoms with Crippen LogP contribution in [0, 0.1) is 6.92 Å². The van der Waals surface area contributed by atoms with Gasteiger partial charge in [-0.05, 0) is 63.9 Å². The van der Waals surface area contributed by atoms with E-state index in [9.17, 15) is 4.79 Å². The molecule has 2 N–H and O–H groups in total. The summed E-state index contributed by atoms with van der Waals surface area (Å²) < 4.78 is 0. The minimum Gasteiger partial charge on any atom is -0.366 e. The molecule has 0 aliphatic rings. The molecule has 148 valence electrons. The quantitative estimate of drug-likeness (QED) is 0.406. The van der Waals surface area contributed by atoms with Crippen LogP contribution >= 0.6 is 0 Å². The largest absolute Gasteiger partial charge is 0.366 e. The van der Waals surface area contributed by atoms with Gasteiger partial charge < -0.3 is 5.73 Å². The molecule has 0 aliphatic heterocycles. The first-order valence-electron chi connectivity index (χ1n) is 10.3. The molecule has 0 bridgehead atoms. The standard InChI is InChI=1S/C28H25NO/c1-3-22-26(21-15-8-5-9-16-21)25(28(29)30)18-24(20-13-6-4-7-14-20)27(22)23-17-11-10-12-19(23)2/h4-18H,3H2,1-2H3,(H2,29,30). The summed E-state index contributed by atoms with van der Waals surface area (Å²) in [5.41, 5.74) is 15.2. The van der Waals surface area contributed by atoms with E-state index >= 15 is 0 Å². The maximum absolute atomic E-state index is 12.6. The molecule has 0 unspecified atom stereocenters. The molecule has 0 radical (unpaired) electrons. The monoisotopic (exact) mass is 391 g/mol. The average Bonchev–Trinajstić information content (AvgIpc) is 2.79. The van der Waals surface area contributed by atoms with Gasteiger partial charge >= 0.3 is 0 Å². The molecule has 1 amide bonds. The first-order valence-corrected chi connectivity index (χ1v) is 10.3. The molecule has 4 aromatic rings. The van der Waals surface area contributed by atoms with Crippen molar-refractivity contribution in [2.45, 2.75) is 20.3 Å². The highest BCUT2D eigenvalue weighted by Gasteiger charge is 2.23. The molecule has 0 aromatic heterocycles. The molecule has 0 aliphatic carbocycles. The molecule has 0 saturated heterocycles. The Kier molecular flexibility index (Phi) is 5.49. The third kappa shape index (κ3) is 3.53. The van der Waals surface area contributed by atoms with E-state index in [4.69, 9.17) is 5.73 Å². The number of nitrogens with two attached hydrogens (primary N) is 1. The fraction of sp³-hybridized carbons (Fsp3) is 0.107. The maximum Gasteiger partial charge on any atom is 0.249 e. The number of hydrogen-bond donors (Lipinski definition) is 1. The van der Waals surface area contributed by atoms with Crippen molar-refractivity contribution in [1.82, 2.24) is 0 Å². The van der Waals surface area contributed by atoms with Gasteiger partial charge in [0.1, 0.15) is 0 Å². The molecule has 4 aromatic carbocycles. The minimum absolute atomic E-state index is 0.405. The predicted molar refractivity (Wildman–Crippen MR) is 125 cm³/mol. The van der Waals surface area contributed by atoms with Crippen molar-refractivity contribution < 1.29 is 4.79 Å². The Labute approximate surface area is 178 Å². The molecule has 0 atom stereocenters. The molecule has 0 fully saturated rings. The summed E-state index contributed by atoms with van der Waals surface area (Å²) in [6, 6.07) is 30.7. The third-order valence-corrected chi connectivity index (χ3v) is 5.61. The number of hydrogen-bond acceptors (Lipinski definition) is 1. The van der Waals surface area contributed by atoms with Gasteiger partial charge in [-0.25, -0.2) is 0 Å². The molecular formula is C28H25NO. The molecular weight excluding hydrogens is 366 g/mol. The van der Waals surface area contributed by atoms with E-state index in [1.807, 2.05) is 54.6 Å². The molecule has 30 heavy (non-hydrogen) atoms. The Morgan fingerprint density at radius 3 is 1.87 bits per heavy atom. The van der Waals surface area contributed by atoms with Crippen molar-refractivity contribution in [3.8, 4) is 33.4 Å². The van der Waals surface area contributed by atoms with Crippen molar-refractivity contribution >= 4 is 5.91 Å². The summed E-state index contributed by atoms with van der Waals surface area (Å²) in [5, 5.41) is 0. The maximum atomic E-state index is 12.6. The van der Waals surface area contributed by atoms with Crippen molar-refractivity contribution in [2.24, 2.45) is 5.73 Å². The summed E-state index contributed by atoms with van der Waals surface area (Å²) in [5.74, 6) is -0.405. The number of rotatable bonds is 5. The fourth-order valence-corrected chi connectivity index (χ4v) is 4.23. The molecule has 0 spiro atoms. The fourth-order valence-electron chi connectivity index (χ4n) is 4.23. The van der Waals surface area contributed by atoms with Crippen molar-refractivity contribution in [3.63, 3.8) is 0 Å². The van der Waals surface area contributed by atoms with Crippen LogP contribution in [0.5, 0.6) is 0 Å². The number of carbonyl (C=O) groups is 1. The summed E-state index contributed by atoms with van der Waals surface area (Å²) in [6.07, 6.45) is 0.787. The van der Waals surface area contributed by atoms with Gasteiger partial charge in [-0.2, -0.15) is 0 Å². The van der Waals surface area contributed by atoms with Crippen LogP contribution in [0.1, 0.15) is 28.4 Å². The minimum atomic E-state index is -0.405. The van der Waals surface area contributed by atoms with Crippen LogP contribution in [0.25, 0.3) is 33.4 Å². The Morgan fingerprint density at radius 2 is 1.30 bits per heavy atom. The Hall–Kier alpha value is -3.65. The highest BCUT2D eigenvalue weighted by atomic mass is 16.1. The smallest absolute Gasteiger partial charge is 0.249 e. The Bertz CT molecular complexity index is 1190. The molecule has 0 heterocycles. The topological polar surface area (TPSA) is 43.1 Å². The number of amides is 1. The van der Waals surface area contributed by atoms with Crippen molar-refractivity contribution in [3.05, 3.63) is 108 Å². The van der Waals surface area contributed by atoms with Gasteiger partial charge in [0.25, 0.3) is 0 Å². The van der Waals surface area contributed by atoms with Gasteiger partial charge in [-0.3, -0.25) is 4.79 Å². The zero-order chi connectivity index (χ0) is 21.1. The second-order valence-electron chi connectivity index (χ2n) is 7.47. The number of aryl methyl sites for hydroxylation is 1. The van der Waals surface area contributed by atoms with Crippen LogP contribution in [-0.4, -0.2) is 5.91 Å². The van der Waals surface area contributed by atoms with E-state index in [2.05, 4.69) is 50.2 Å². The van der Waals surface area contributed by atoms with Crippen molar-refractivity contribution in [1.29, 1.82) is 0 Å². The van der Waals surface area contributed by atoms with Gasteiger partial charge in [0.05, 0.1) is 0 Å². The second-order valence-corrected chi connectivity index (χ2v) is 7.47. The first kappa shape index (κ1) is 19.7. The van der Waals surface area contributed by atoms with E-state index in [1.54, 1.807) is 0 Å². The summed E-state index contributed by atoms with van der Waals surface area (Å²) >= 11 is 0. The van der Waals surface area contributed by atoms with Gasteiger partial charge in [0, 0.05) is 5.56 Å². The Balaban J connectivity index is 2.18. The van der Waals surface area contributed by atoms with Gasteiger partial charge in [0.2, 0.25) is 5.91 Å². The van der Waals surface area contributed by atoms with E-state index in [0.29, 0.717) is 5.56 Å². The van der Waals surface area contributed by atoms with Crippen LogP contribution in [0.15, 0.2) is 91.0 Å². The number of benzene rings is 4. The average molecular weight is 392 g/mol. The van der Waals surface area contributed by atoms with Crippen LogP contribution in [-0.2, 0) is 6.42 Å². The molecule has 0 saturated carbocycles. The Morgan fingerprint density at radius 1 is 0.733 bits per heavy atom. The summed E-state index contributed by atoms with van der Waals surface area (Å²) in [4.78, 5) is 12.6. The SMILES string of the molecule is CCc1c(-c2ccccc2)c(C(N)=O)cc(-c2ccccc2)c1-c1ccccc1C. The van der Waals surface area contributed by atoms with Gasteiger partial charge in [-0.15, -0.1) is 0 Å². The molecule has 2 nitrogen and oxygen atoms in total. The lowest BCUT2D eigenvalue weighted by Crippen LogP contribution is -2.15. The van der Waals surface area contributed by atoms with E-state index in [0.717, 1.165) is 34.2 Å². The van der Waals surface area contributed by atoms with Crippen LogP contribution < -0.4 is 5.73 Å². The number of carbonyl (C=O) groups excluding carboxylic acids is 1. The van der Waals surface area contributed by atoms with Gasteiger partial charge in [-0.1, -0.05) is 91.9 Å². The zero-order valence-corrected chi connectivity index (χ0v) is 17.4. The lowest BCUT2D eigenvalue weighted by Gasteiger charge is -2.23. The third-order valence-electron chi connectivity index (χ3n) is 5.61. The molecule has 2 heteroatoms. The summed E-state index contributed by atoms with van der Waals surface area (Å²) in [7, 11) is 0. The highest BCUT2D eigenvalue weighted by molar-refractivity contribution is 6.05. The van der Waals surface area contributed by atoms with Crippen LogP contribution in [0.3, 0.4) is 0 Å². The normalized spacial score (nSPS) is 10.7. The van der Waals surface area contributed by atoms with Crippen LogP contribution in [0.2, 0.25) is 0 Å². The number of primary amides is 1. The second kappa shape index (κ2) is 8.38. The van der Waals surface area contributed by atoms with Gasteiger partial charge in [0.15, 0.2) is 0 Å². The summed E-state index contributed by atoms with van der Waals surface area (Å²) in [6.45, 7) is 4.27. The van der Waals surface area contributed by atoms with Crippen LogP contribution in [0.4, 0.5) is 0 Å². The highest BCUT2D eigenvalue weighted by Crippen LogP contribution is 2.43.